The van der Waals surface area contributed by atoms with Gasteiger partial charge in [-0.25, -0.2) is 0 Å². The number of benzene rings is 1. The summed E-state index contributed by atoms with van der Waals surface area (Å²) in [5.74, 6) is 0.729. The molecule has 116 valence electrons. The zero-order valence-electron chi connectivity index (χ0n) is 13.6. The van der Waals surface area contributed by atoms with Crippen LogP contribution in [0.25, 0.3) is 0 Å². The maximum Gasteiger partial charge on any atom is 0.0136 e. The Hall–Kier alpha value is -0.820. The van der Waals surface area contributed by atoms with Gasteiger partial charge in [0, 0.05) is 12.6 Å². The summed E-state index contributed by atoms with van der Waals surface area (Å²) >= 11 is 0. The molecule has 0 amide bonds. The van der Waals surface area contributed by atoms with Crippen molar-refractivity contribution in [3.05, 3.63) is 35.9 Å². The molecule has 0 heterocycles. The van der Waals surface area contributed by atoms with Gasteiger partial charge in [0.2, 0.25) is 0 Å². The van der Waals surface area contributed by atoms with Crippen molar-refractivity contribution in [2.75, 3.05) is 6.54 Å². The van der Waals surface area contributed by atoms with E-state index < -0.39 is 0 Å². The molecule has 1 N–H and O–H groups in total. The van der Waals surface area contributed by atoms with Gasteiger partial charge in [0.05, 0.1) is 0 Å². The normalized spacial score (nSPS) is 29.2. The van der Waals surface area contributed by atoms with Gasteiger partial charge in [-0.05, 0) is 42.6 Å². The molecular formula is C20H31N. The monoisotopic (exact) mass is 285 g/mol. The van der Waals surface area contributed by atoms with Crippen molar-refractivity contribution in [1.29, 1.82) is 0 Å². The molecule has 1 aromatic carbocycles. The Labute approximate surface area is 130 Å². The molecule has 1 nitrogen and oxygen atoms in total. The third-order valence-corrected chi connectivity index (χ3v) is 5.85. The Bertz CT molecular complexity index is 419. The van der Waals surface area contributed by atoms with Gasteiger partial charge in [0.15, 0.2) is 0 Å². The van der Waals surface area contributed by atoms with Gasteiger partial charge >= 0.3 is 0 Å². The van der Waals surface area contributed by atoms with Gasteiger partial charge in [0.1, 0.15) is 0 Å². The third kappa shape index (κ3) is 3.88. The van der Waals surface area contributed by atoms with Gasteiger partial charge in [-0.2, -0.15) is 0 Å². The predicted octanol–water partition coefficient (Wildman–Crippen LogP) is 5.27. The van der Waals surface area contributed by atoms with E-state index in [-0.39, 0.29) is 0 Å². The molecule has 2 aliphatic carbocycles. The molecule has 0 spiro atoms. The minimum atomic E-state index is 0.553. The third-order valence-electron chi connectivity index (χ3n) is 5.85. The summed E-state index contributed by atoms with van der Waals surface area (Å²) in [6.07, 6.45) is 12.7. The summed E-state index contributed by atoms with van der Waals surface area (Å²) in [5.41, 5.74) is 2.10. The molecule has 0 radical (unpaired) electrons. The highest BCUT2D eigenvalue weighted by molar-refractivity contribution is 5.22. The minimum absolute atomic E-state index is 0.553. The summed E-state index contributed by atoms with van der Waals surface area (Å²) < 4.78 is 0. The first-order valence-corrected chi connectivity index (χ1v) is 9.05. The van der Waals surface area contributed by atoms with Crippen molar-refractivity contribution in [2.24, 2.45) is 5.41 Å². The fraction of sp³-hybridized carbons (Fsp3) is 0.700. The van der Waals surface area contributed by atoms with Crippen LogP contribution >= 0.6 is 0 Å². The van der Waals surface area contributed by atoms with E-state index in [1.807, 2.05) is 0 Å². The van der Waals surface area contributed by atoms with E-state index >= 15 is 0 Å². The zero-order chi connectivity index (χ0) is 14.5. The summed E-state index contributed by atoms with van der Waals surface area (Å²) in [6, 6.07) is 11.9. The molecule has 1 heteroatoms. The molecule has 0 aliphatic heterocycles. The van der Waals surface area contributed by atoms with E-state index in [1.54, 1.807) is 5.56 Å². The molecule has 2 fully saturated rings. The second-order valence-electron chi connectivity index (χ2n) is 7.66. The van der Waals surface area contributed by atoms with Gasteiger partial charge in [-0.3, -0.25) is 0 Å². The van der Waals surface area contributed by atoms with E-state index in [9.17, 15) is 0 Å². The van der Waals surface area contributed by atoms with Crippen LogP contribution < -0.4 is 5.32 Å². The summed E-state index contributed by atoms with van der Waals surface area (Å²) in [7, 11) is 0. The average Bonchev–Trinajstić information content (AvgIpc) is 2.55. The lowest BCUT2D eigenvalue weighted by atomic mass is 9.74. The Morgan fingerprint density at radius 2 is 1.67 bits per heavy atom. The van der Waals surface area contributed by atoms with Crippen LogP contribution in [0.3, 0.4) is 0 Å². The lowest BCUT2D eigenvalue weighted by Crippen LogP contribution is -2.43. The van der Waals surface area contributed by atoms with E-state index in [0.717, 1.165) is 5.92 Å². The lowest BCUT2D eigenvalue weighted by molar-refractivity contribution is 0.187. The van der Waals surface area contributed by atoms with Gasteiger partial charge in [-0.15, -0.1) is 0 Å². The van der Waals surface area contributed by atoms with E-state index in [2.05, 4.69) is 42.6 Å². The van der Waals surface area contributed by atoms with Crippen LogP contribution in [0.2, 0.25) is 0 Å². The van der Waals surface area contributed by atoms with Crippen molar-refractivity contribution >= 4 is 0 Å². The molecule has 2 saturated carbocycles. The van der Waals surface area contributed by atoms with Crippen LogP contribution in [0, 0.1) is 5.41 Å². The number of rotatable bonds is 4. The first-order valence-electron chi connectivity index (χ1n) is 9.05. The molecule has 0 bridgehead atoms. The second-order valence-corrected chi connectivity index (χ2v) is 7.66. The van der Waals surface area contributed by atoms with Crippen LogP contribution in [0.5, 0.6) is 0 Å². The number of nitrogens with one attached hydrogen (secondary N) is 1. The smallest absolute Gasteiger partial charge is 0.0136 e. The highest BCUT2D eigenvalue weighted by atomic mass is 14.9. The molecule has 2 unspecified atom stereocenters. The summed E-state index contributed by atoms with van der Waals surface area (Å²) in [4.78, 5) is 0. The molecule has 21 heavy (non-hydrogen) atoms. The van der Waals surface area contributed by atoms with Crippen LogP contribution in [-0.2, 0) is 0 Å². The molecule has 0 saturated heterocycles. The standard InChI is InChI=1S/C20H31N/c1-20(14-8-3-9-15-20)16-21-19-13-7-6-12-18(19)17-10-4-2-5-11-17/h2,4-5,10-11,18-19,21H,3,6-9,12-16H2,1H3. The first-order chi connectivity index (χ1) is 10.3. The maximum absolute atomic E-state index is 3.98. The quantitative estimate of drug-likeness (QED) is 0.794. The van der Waals surface area contributed by atoms with E-state index in [0.29, 0.717) is 11.5 Å². The topological polar surface area (TPSA) is 12.0 Å². The fourth-order valence-electron chi connectivity index (χ4n) is 4.43. The van der Waals surface area contributed by atoms with Crippen molar-refractivity contribution in [1.82, 2.24) is 5.32 Å². The van der Waals surface area contributed by atoms with Crippen LogP contribution in [0.1, 0.15) is 76.2 Å². The average molecular weight is 285 g/mol. The van der Waals surface area contributed by atoms with Gasteiger partial charge < -0.3 is 5.32 Å². The lowest BCUT2D eigenvalue weighted by Gasteiger charge is -2.39. The molecule has 2 aliphatic rings. The van der Waals surface area contributed by atoms with E-state index in [1.165, 1.54) is 64.3 Å². The first kappa shape index (κ1) is 15.1. The van der Waals surface area contributed by atoms with Gasteiger partial charge in [-0.1, -0.05) is 69.4 Å². The molecular weight excluding hydrogens is 254 g/mol. The van der Waals surface area contributed by atoms with E-state index in [4.69, 9.17) is 0 Å². The molecule has 3 rings (SSSR count). The maximum atomic E-state index is 3.98. The van der Waals surface area contributed by atoms with Crippen LogP contribution in [0.4, 0.5) is 0 Å². The Kier molecular flexibility index (Phi) is 5.00. The fourth-order valence-corrected chi connectivity index (χ4v) is 4.43. The SMILES string of the molecule is CC1(CNC2CCCCC2c2ccccc2)CCCCC1. The minimum Gasteiger partial charge on any atom is -0.313 e. The predicted molar refractivity (Wildman–Crippen MR) is 90.6 cm³/mol. The number of hydrogen-bond donors (Lipinski definition) is 1. The van der Waals surface area contributed by atoms with Crippen molar-refractivity contribution in [3.8, 4) is 0 Å². The molecule has 0 aromatic heterocycles. The molecule has 1 aromatic rings. The van der Waals surface area contributed by atoms with Gasteiger partial charge in [0.25, 0.3) is 0 Å². The highest BCUT2D eigenvalue weighted by Gasteiger charge is 2.31. The summed E-state index contributed by atoms with van der Waals surface area (Å²) in [5, 5.41) is 3.98. The van der Waals surface area contributed by atoms with Crippen LogP contribution in [-0.4, -0.2) is 12.6 Å². The van der Waals surface area contributed by atoms with Crippen molar-refractivity contribution in [3.63, 3.8) is 0 Å². The summed E-state index contributed by atoms with van der Waals surface area (Å²) in [6.45, 7) is 3.72. The van der Waals surface area contributed by atoms with Crippen LogP contribution in [0.15, 0.2) is 30.3 Å². The molecule has 2 atom stereocenters. The highest BCUT2D eigenvalue weighted by Crippen LogP contribution is 2.37. The Balaban J connectivity index is 1.62. The Morgan fingerprint density at radius 3 is 2.43 bits per heavy atom. The largest absolute Gasteiger partial charge is 0.313 e. The second kappa shape index (κ2) is 6.96. The Morgan fingerprint density at radius 1 is 0.952 bits per heavy atom. The number of hydrogen-bond acceptors (Lipinski definition) is 1. The zero-order valence-corrected chi connectivity index (χ0v) is 13.6. The van der Waals surface area contributed by atoms with Crippen molar-refractivity contribution < 1.29 is 0 Å². The van der Waals surface area contributed by atoms with Crippen molar-refractivity contribution in [2.45, 2.75) is 76.7 Å².